The maximum absolute atomic E-state index is 12.3. The van der Waals surface area contributed by atoms with Crippen LogP contribution in [0.15, 0.2) is 29.2 Å². The predicted molar refractivity (Wildman–Crippen MR) is 91.7 cm³/mol. The molecule has 0 spiro atoms. The third-order valence-electron chi connectivity index (χ3n) is 3.50. The van der Waals surface area contributed by atoms with Crippen LogP contribution in [-0.4, -0.2) is 44.4 Å². The van der Waals surface area contributed by atoms with E-state index < -0.39 is 38.9 Å². The van der Waals surface area contributed by atoms with Crippen LogP contribution in [0.3, 0.4) is 0 Å². The normalized spacial score (nSPS) is 13.7. The molecule has 0 saturated heterocycles. The van der Waals surface area contributed by atoms with Gasteiger partial charge in [-0.3, -0.25) is 14.9 Å². The molecule has 0 unspecified atom stereocenters. The van der Waals surface area contributed by atoms with Crippen LogP contribution in [0, 0.1) is 16.0 Å². The second-order valence-corrected chi connectivity index (χ2v) is 7.56. The lowest BCUT2D eigenvalue weighted by atomic mass is 10.0. The molecule has 0 saturated carbocycles. The van der Waals surface area contributed by atoms with E-state index in [1.165, 1.54) is 14.0 Å². The Labute approximate surface area is 151 Å². The topological polar surface area (TPSA) is 145 Å². The maximum Gasteiger partial charge on any atom is 0.328 e. The van der Waals surface area contributed by atoms with Gasteiger partial charge in [0.05, 0.1) is 23.0 Å². The van der Waals surface area contributed by atoms with Crippen molar-refractivity contribution in [2.24, 2.45) is 5.92 Å². The molecule has 0 radical (unpaired) electrons. The first kappa shape index (κ1) is 21.5. The Kier molecular flexibility index (Phi) is 7.21. The van der Waals surface area contributed by atoms with Gasteiger partial charge in [-0.05, 0) is 25.0 Å². The molecule has 26 heavy (non-hydrogen) atoms. The Bertz CT molecular complexity index is 775. The third-order valence-corrected chi connectivity index (χ3v) is 5.06. The lowest BCUT2D eigenvalue weighted by Gasteiger charge is -2.22. The number of hydrogen-bond acceptors (Lipinski definition) is 7. The van der Waals surface area contributed by atoms with E-state index in [0.29, 0.717) is 0 Å². The highest BCUT2D eigenvalue weighted by molar-refractivity contribution is 7.89. The second-order valence-electron chi connectivity index (χ2n) is 5.85. The molecule has 0 bridgehead atoms. The number of non-ortho nitro benzene ring substituents is 1. The molecule has 2 atom stereocenters. The minimum Gasteiger partial charge on any atom is -0.467 e. The molecule has 1 amide bonds. The van der Waals surface area contributed by atoms with Crippen molar-refractivity contribution in [3.8, 4) is 0 Å². The largest absolute Gasteiger partial charge is 0.467 e. The van der Waals surface area contributed by atoms with Crippen molar-refractivity contribution in [3.05, 3.63) is 34.4 Å². The number of nitro benzene ring substituents is 1. The summed E-state index contributed by atoms with van der Waals surface area (Å²) in [5.41, 5.74) is -0.257. The molecular weight excluding hydrogens is 366 g/mol. The molecule has 0 aliphatic rings. The van der Waals surface area contributed by atoms with Gasteiger partial charge in [-0.15, -0.1) is 0 Å². The number of esters is 1. The second kappa shape index (κ2) is 8.72. The highest BCUT2D eigenvalue weighted by atomic mass is 32.2. The molecule has 10 nitrogen and oxygen atoms in total. The SMILES string of the molecule is COC(=O)[C@@H](NC(=O)[C@@H](C)NS(=O)(=O)c1ccc([N+](=O)[O-])cc1)C(C)C. The summed E-state index contributed by atoms with van der Waals surface area (Å²) in [6.07, 6.45) is 0. The zero-order valence-electron chi connectivity index (χ0n) is 14.8. The van der Waals surface area contributed by atoms with Crippen LogP contribution >= 0.6 is 0 Å². The van der Waals surface area contributed by atoms with E-state index in [1.54, 1.807) is 13.8 Å². The van der Waals surface area contributed by atoms with E-state index in [-0.39, 0.29) is 16.5 Å². The summed E-state index contributed by atoms with van der Waals surface area (Å²) in [5, 5.41) is 13.1. The molecule has 2 N–H and O–H groups in total. The molecule has 0 aliphatic carbocycles. The number of methoxy groups -OCH3 is 1. The lowest BCUT2D eigenvalue weighted by molar-refractivity contribution is -0.384. The van der Waals surface area contributed by atoms with Gasteiger partial charge >= 0.3 is 5.97 Å². The molecule has 0 heterocycles. The molecule has 11 heteroatoms. The molecular formula is C15H21N3O7S. The maximum atomic E-state index is 12.3. The van der Waals surface area contributed by atoms with Crippen molar-refractivity contribution in [2.45, 2.75) is 37.8 Å². The van der Waals surface area contributed by atoms with Crippen LogP contribution in [0.4, 0.5) is 5.69 Å². The molecule has 1 rings (SSSR count). The molecule has 144 valence electrons. The first-order valence-corrected chi connectivity index (χ1v) is 9.13. The molecule has 1 aromatic carbocycles. The quantitative estimate of drug-likeness (QED) is 0.377. The third kappa shape index (κ3) is 5.49. The Morgan fingerprint density at radius 1 is 1.15 bits per heavy atom. The average molecular weight is 387 g/mol. The van der Waals surface area contributed by atoms with E-state index >= 15 is 0 Å². The fourth-order valence-corrected chi connectivity index (χ4v) is 3.21. The van der Waals surface area contributed by atoms with Gasteiger partial charge in [0.25, 0.3) is 5.69 Å². The number of nitrogens with zero attached hydrogens (tertiary/aromatic N) is 1. The highest BCUT2D eigenvalue weighted by Gasteiger charge is 2.29. The number of nitrogens with one attached hydrogen (secondary N) is 2. The van der Waals surface area contributed by atoms with Gasteiger partial charge < -0.3 is 10.1 Å². The summed E-state index contributed by atoms with van der Waals surface area (Å²) in [6, 6.07) is 2.13. The van der Waals surface area contributed by atoms with Crippen molar-refractivity contribution < 1.29 is 27.7 Å². The highest BCUT2D eigenvalue weighted by Crippen LogP contribution is 2.16. The Hall–Kier alpha value is -2.53. The number of amides is 1. The van der Waals surface area contributed by atoms with Gasteiger partial charge in [0, 0.05) is 12.1 Å². The van der Waals surface area contributed by atoms with Crippen molar-refractivity contribution in [3.63, 3.8) is 0 Å². The van der Waals surface area contributed by atoms with E-state index in [9.17, 15) is 28.1 Å². The number of ether oxygens (including phenoxy) is 1. The van der Waals surface area contributed by atoms with Gasteiger partial charge in [-0.25, -0.2) is 13.2 Å². The van der Waals surface area contributed by atoms with Gasteiger partial charge in [0.2, 0.25) is 15.9 Å². The van der Waals surface area contributed by atoms with E-state index in [4.69, 9.17) is 0 Å². The van der Waals surface area contributed by atoms with Crippen molar-refractivity contribution >= 4 is 27.6 Å². The first-order valence-electron chi connectivity index (χ1n) is 7.64. The fraction of sp³-hybridized carbons (Fsp3) is 0.467. The number of carbonyl (C=O) groups is 2. The first-order chi connectivity index (χ1) is 12.0. The molecule has 0 aliphatic heterocycles. The average Bonchev–Trinajstić information content (AvgIpc) is 2.58. The van der Waals surface area contributed by atoms with Crippen LogP contribution in [0.5, 0.6) is 0 Å². The van der Waals surface area contributed by atoms with Crippen molar-refractivity contribution in [1.29, 1.82) is 0 Å². The summed E-state index contributed by atoms with van der Waals surface area (Å²) in [6.45, 7) is 4.72. The minimum atomic E-state index is -4.08. The van der Waals surface area contributed by atoms with Gasteiger partial charge in [-0.1, -0.05) is 13.8 Å². The van der Waals surface area contributed by atoms with Gasteiger partial charge in [-0.2, -0.15) is 4.72 Å². The number of carbonyl (C=O) groups excluding carboxylic acids is 2. The van der Waals surface area contributed by atoms with Crippen LogP contribution in [0.25, 0.3) is 0 Å². The zero-order chi connectivity index (χ0) is 20.1. The Balaban J connectivity index is 2.86. The zero-order valence-corrected chi connectivity index (χ0v) is 15.6. The summed E-state index contributed by atoms with van der Waals surface area (Å²) in [5.74, 6) is -1.61. The van der Waals surface area contributed by atoms with Gasteiger partial charge in [0.15, 0.2) is 0 Å². The van der Waals surface area contributed by atoms with Crippen LogP contribution in [0.2, 0.25) is 0 Å². The standard InChI is InChI=1S/C15H21N3O7S/c1-9(2)13(15(20)25-4)16-14(19)10(3)17-26(23,24)12-7-5-11(6-8-12)18(21)22/h5-10,13,17H,1-4H3,(H,16,19)/t10-,13+/m1/s1. The Morgan fingerprint density at radius 3 is 2.12 bits per heavy atom. The van der Waals surface area contributed by atoms with Gasteiger partial charge in [0.1, 0.15) is 6.04 Å². The minimum absolute atomic E-state index is 0.226. The molecule has 0 aromatic heterocycles. The summed E-state index contributed by atoms with van der Waals surface area (Å²) >= 11 is 0. The molecule has 1 aromatic rings. The lowest BCUT2D eigenvalue weighted by Crippen LogP contribution is -2.52. The summed E-state index contributed by atoms with van der Waals surface area (Å²) < 4.78 is 31.3. The van der Waals surface area contributed by atoms with Crippen LogP contribution < -0.4 is 10.0 Å². The van der Waals surface area contributed by atoms with Crippen LogP contribution in [0.1, 0.15) is 20.8 Å². The van der Waals surface area contributed by atoms with Crippen molar-refractivity contribution in [1.82, 2.24) is 10.0 Å². The monoisotopic (exact) mass is 387 g/mol. The summed E-state index contributed by atoms with van der Waals surface area (Å²) in [7, 11) is -2.89. The smallest absolute Gasteiger partial charge is 0.328 e. The van der Waals surface area contributed by atoms with Crippen LogP contribution in [-0.2, 0) is 24.3 Å². The number of benzene rings is 1. The predicted octanol–water partition coefficient (Wildman–Crippen LogP) is 0.575. The summed E-state index contributed by atoms with van der Waals surface area (Å²) in [4.78, 5) is 33.6. The van der Waals surface area contributed by atoms with E-state index in [2.05, 4.69) is 14.8 Å². The Morgan fingerprint density at radius 2 is 1.69 bits per heavy atom. The van der Waals surface area contributed by atoms with E-state index in [0.717, 1.165) is 24.3 Å². The number of hydrogen-bond donors (Lipinski definition) is 2. The fourth-order valence-electron chi connectivity index (χ4n) is 2.00. The van der Waals surface area contributed by atoms with Crippen molar-refractivity contribution in [2.75, 3.05) is 7.11 Å². The number of rotatable bonds is 8. The molecule has 0 fully saturated rings. The van der Waals surface area contributed by atoms with E-state index in [1.807, 2.05) is 0 Å². The number of sulfonamides is 1. The number of nitro groups is 1.